The van der Waals surface area contributed by atoms with Crippen LogP contribution in [0.3, 0.4) is 0 Å². The van der Waals surface area contributed by atoms with Gasteiger partial charge in [-0.1, -0.05) is 0 Å². The zero-order chi connectivity index (χ0) is 13.3. The molecule has 0 aromatic carbocycles. The van der Waals surface area contributed by atoms with Gasteiger partial charge in [0.2, 0.25) is 0 Å². The standard InChI is InChI=1S/C13H16N2O4/c1-2-17-12(16)9-15-8-10-7-13(18-5-6-19-13)4-3-11(10)14-15/h5-6,8H,2-4,7,9H2,1H3. The van der Waals surface area contributed by atoms with Gasteiger partial charge in [0.05, 0.1) is 18.7 Å². The van der Waals surface area contributed by atoms with Crippen LogP contribution >= 0.6 is 0 Å². The van der Waals surface area contributed by atoms with Crippen LogP contribution in [-0.2, 0) is 38.4 Å². The Morgan fingerprint density at radius 3 is 3.05 bits per heavy atom. The van der Waals surface area contributed by atoms with Crippen molar-refractivity contribution in [3.05, 3.63) is 30.0 Å². The molecule has 2 heterocycles. The second-order valence-corrected chi connectivity index (χ2v) is 4.70. The largest absolute Gasteiger partial charge is 0.465 e. The number of esters is 1. The highest BCUT2D eigenvalue weighted by atomic mass is 16.7. The minimum atomic E-state index is -0.565. The van der Waals surface area contributed by atoms with Gasteiger partial charge in [-0.3, -0.25) is 9.48 Å². The quantitative estimate of drug-likeness (QED) is 0.766. The predicted molar refractivity (Wildman–Crippen MR) is 64.9 cm³/mol. The van der Waals surface area contributed by atoms with Crippen LogP contribution in [-0.4, -0.2) is 28.1 Å². The van der Waals surface area contributed by atoms with Crippen LogP contribution in [0.1, 0.15) is 24.6 Å². The lowest BCUT2D eigenvalue weighted by Crippen LogP contribution is -2.36. The van der Waals surface area contributed by atoms with Crippen molar-refractivity contribution < 1.29 is 19.0 Å². The predicted octanol–water partition coefficient (Wildman–Crippen LogP) is 1.15. The summed E-state index contributed by atoms with van der Waals surface area (Å²) in [6.45, 7) is 2.32. The van der Waals surface area contributed by atoms with Crippen LogP contribution < -0.4 is 0 Å². The highest BCUT2D eigenvalue weighted by molar-refractivity contribution is 5.69. The number of hydrogen-bond donors (Lipinski definition) is 0. The third-order valence-corrected chi connectivity index (χ3v) is 3.34. The molecule has 3 rings (SSSR count). The van der Waals surface area contributed by atoms with Crippen molar-refractivity contribution >= 4 is 5.97 Å². The Kier molecular flexibility index (Phi) is 2.93. The van der Waals surface area contributed by atoms with E-state index in [9.17, 15) is 4.79 Å². The highest BCUT2D eigenvalue weighted by Crippen LogP contribution is 2.35. The molecule has 19 heavy (non-hydrogen) atoms. The summed E-state index contributed by atoms with van der Waals surface area (Å²) in [4.78, 5) is 11.4. The van der Waals surface area contributed by atoms with Gasteiger partial charge >= 0.3 is 5.97 Å². The summed E-state index contributed by atoms with van der Waals surface area (Å²) in [5.41, 5.74) is 2.08. The first kappa shape index (κ1) is 12.1. The van der Waals surface area contributed by atoms with Crippen molar-refractivity contribution in [2.75, 3.05) is 6.61 Å². The van der Waals surface area contributed by atoms with Crippen LogP contribution in [0.15, 0.2) is 18.7 Å². The second-order valence-electron chi connectivity index (χ2n) is 4.70. The van der Waals surface area contributed by atoms with E-state index in [0.717, 1.165) is 24.1 Å². The van der Waals surface area contributed by atoms with Crippen molar-refractivity contribution in [3.8, 4) is 0 Å². The normalized spacial score (nSPS) is 18.8. The zero-order valence-electron chi connectivity index (χ0n) is 10.8. The molecule has 0 unspecified atom stereocenters. The lowest BCUT2D eigenvalue weighted by molar-refractivity contribution is -0.148. The fourth-order valence-corrected chi connectivity index (χ4v) is 2.50. The Bertz CT molecular complexity index is 513. The van der Waals surface area contributed by atoms with Gasteiger partial charge in [-0.15, -0.1) is 0 Å². The summed E-state index contributed by atoms with van der Waals surface area (Å²) in [5.74, 6) is -0.836. The van der Waals surface area contributed by atoms with Crippen molar-refractivity contribution in [3.63, 3.8) is 0 Å². The van der Waals surface area contributed by atoms with Crippen molar-refractivity contribution in [2.24, 2.45) is 0 Å². The maximum absolute atomic E-state index is 11.4. The molecule has 0 amide bonds. The number of ether oxygens (including phenoxy) is 3. The minimum absolute atomic E-state index is 0.147. The van der Waals surface area contributed by atoms with E-state index in [1.807, 2.05) is 6.20 Å². The molecular formula is C13H16N2O4. The Morgan fingerprint density at radius 1 is 1.53 bits per heavy atom. The van der Waals surface area contributed by atoms with Gasteiger partial charge in [0.25, 0.3) is 5.79 Å². The fraction of sp³-hybridized carbons (Fsp3) is 0.538. The molecule has 102 valence electrons. The van der Waals surface area contributed by atoms with Crippen molar-refractivity contribution in [1.29, 1.82) is 0 Å². The maximum atomic E-state index is 11.4. The lowest BCUT2D eigenvalue weighted by atomic mass is 9.92. The molecule has 0 radical (unpaired) electrons. The molecule has 1 aromatic rings. The molecule has 0 fully saturated rings. The summed E-state index contributed by atoms with van der Waals surface area (Å²) in [5, 5.41) is 4.41. The number of aryl methyl sites for hydroxylation is 1. The molecule has 6 nitrogen and oxygen atoms in total. The molecule has 2 aliphatic rings. The van der Waals surface area contributed by atoms with Crippen LogP contribution in [0.2, 0.25) is 0 Å². The van der Waals surface area contributed by atoms with Gasteiger partial charge in [0.15, 0.2) is 0 Å². The first-order valence-corrected chi connectivity index (χ1v) is 6.42. The maximum Gasteiger partial charge on any atom is 0.327 e. The molecule has 1 aliphatic heterocycles. The molecule has 1 aliphatic carbocycles. The Morgan fingerprint density at radius 2 is 2.32 bits per heavy atom. The average molecular weight is 264 g/mol. The smallest absolute Gasteiger partial charge is 0.327 e. The van der Waals surface area contributed by atoms with Crippen LogP contribution in [0.25, 0.3) is 0 Å². The number of nitrogens with zero attached hydrogens (tertiary/aromatic N) is 2. The van der Waals surface area contributed by atoms with Gasteiger partial charge in [0.1, 0.15) is 19.1 Å². The number of rotatable bonds is 3. The van der Waals surface area contributed by atoms with Gasteiger partial charge < -0.3 is 14.2 Å². The Balaban J connectivity index is 1.72. The zero-order valence-corrected chi connectivity index (χ0v) is 10.8. The number of fused-ring (bicyclic) bond motifs is 1. The van der Waals surface area contributed by atoms with E-state index in [2.05, 4.69) is 5.10 Å². The van der Waals surface area contributed by atoms with Crippen molar-refractivity contribution in [2.45, 2.75) is 38.5 Å². The second kappa shape index (κ2) is 4.60. The van der Waals surface area contributed by atoms with E-state index in [-0.39, 0.29) is 12.5 Å². The van der Waals surface area contributed by atoms with Gasteiger partial charge in [0, 0.05) is 18.2 Å². The average Bonchev–Trinajstić information content (AvgIpc) is 2.96. The Labute approximate surface area is 110 Å². The van der Waals surface area contributed by atoms with E-state index in [0.29, 0.717) is 13.0 Å². The molecule has 1 aromatic heterocycles. The summed E-state index contributed by atoms with van der Waals surface area (Å²) in [7, 11) is 0. The number of carbonyl (C=O) groups is 1. The fourth-order valence-electron chi connectivity index (χ4n) is 2.50. The monoisotopic (exact) mass is 264 g/mol. The minimum Gasteiger partial charge on any atom is -0.465 e. The molecule has 0 saturated heterocycles. The van der Waals surface area contributed by atoms with Gasteiger partial charge in [-0.25, -0.2) is 0 Å². The topological polar surface area (TPSA) is 62.6 Å². The van der Waals surface area contributed by atoms with Crippen molar-refractivity contribution in [1.82, 2.24) is 9.78 Å². The summed E-state index contributed by atoms with van der Waals surface area (Å²) < 4.78 is 17.6. The van der Waals surface area contributed by atoms with E-state index in [1.165, 1.54) is 0 Å². The SMILES string of the molecule is CCOC(=O)Cn1cc2c(n1)CCC1(C2)OC=CO1. The van der Waals surface area contributed by atoms with Crippen LogP contribution in [0, 0.1) is 0 Å². The molecule has 0 saturated carbocycles. The summed E-state index contributed by atoms with van der Waals surface area (Å²) in [6.07, 6.45) is 7.23. The van der Waals surface area contributed by atoms with E-state index >= 15 is 0 Å². The number of carbonyl (C=O) groups excluding carboxylic acids is 1. The highest BCUT2D eigenvalue weighted by Gasteiger charge is 2.40. The Hall–Kier alpha value is -1.98. The first-order chi connectivity index (χ1) is 9.21. The van der Waals surface area contributed by atoms with Crippen LogP contribution in [0.5, 0.6) is 0 Å². The summed E-state index contributed by atoms with van der Waals surface area (Å²) >= 11 is 0. The van der Waals surface area contributed by atoms with E-state index in [4.69, 9.17) is 14.2 Å². The molecule has 0 bridgehead atoms. The van der Waals surface area contributed by atoms with E-state index in [1.54, 1.807) is 24.1 Å². The molecule has 0 N–H and O–H groups in total. The molecule has 1 spiro atoms. The third kappa shape index (κ3) is 2.30. The van der Waals surface area contributed by atoms with Crippen LogP contribution in [0.4, 0.5) is 0 Å². The number of hydrogen-bond acceptors (Lipinski definition) is 5. The van der Waals surface area contributed by atoms with Gasteiger partial charge in [-0.05, 0) is 13.3 Å². The van der Waals surface area contributed by atoms with Gasteiger partial charge in [-0.2, -0.15) is 5.10 Å². The lowest BCUT2D eigenvalue weighted by Gasteiger charge is -2.30. The molecule has 0 atom stereocenters. The first-order valence-electron chi connectivity index (χ1n) is 6.42. The third-order valence-electron chi connectivity index (χ3n) is 3.34. The molecule has 6 heteroatoms. The van der Waals surface area contributed by atoms with E-state index < -0.39 is 5.79 Å². The summed E-state index contributed by atoms with van der Waals surface area (Å²) in [6, 6.07) is 0. The molecular weight excluding hydrogens is 248 g/mol. The number of aromatic nitrogens is 2.